The van der Waals surface area contributed by atoms with Gasteiger partial charge in [-0.2, -0.15) is 0 Å². The van der Waals surface area contributed by atoms with E-state index in [0.29, 0.717) is 11.3 Å². The third kappa shape index (κ3) is 0.863. The second kappa shape index (κ2) is 2.24. The summed E-state index contributed by atoms with van der Waals surface area (Å²) >= 11 is 0. The number of hydrogen-bond donors (Lipinski definition) is 0. The smallest absolute Gasteiger partial charge is 0.267 e. The number of fused-ring (bicyclic) bond motifs is 1. The van der Waals surface area contributed by atoms with E-state index in [1.807, 2.05) is 0 Å². The van der Waals surface area contributed by atoms with Crippen LogP contribution in [0.5, 0.6) is 0 Å². The molecule has 0 spiro atoms. The summed E-state index contributed by atoms with van der Waals surface area (Å²) in [6.45, 7) is 1.74. The van der Waals surface area contributed by atoms with Crippen molar-refractivity contribution in [3.63, 3.8) is 0 Å². The molecule has 1 heterocycles. The van der Waals surface area contributed by atoms with Gasteiger partial charge in [0.05, 0.1) is 5.56 Å². The highest BCUT2D eigenvalue weighted by Gasteiger charge is 2.20. The maximum atomic E-state index is 12.7. The Balaban J connectivity index is 2.68. The number of hydrogen-bond acceptors (Lipinski definition) is 1. The van der Waals surface area contributed by atoms with Crippen LogP contribution in [-0.4, -0.2) is 11.6 Å². The van der Waals surface area contributed by atoms with E-state index in [2.05, 4.69) is 4.99 Å². The van der Waals surface area contributed by atoms with Crippen LogP contribution in [0.1, 0.15) is 22.8 Å². The van der Waals surface area contributed by atoms with Gasteiger partial charge in [-0.3, -0.25) is 4.79 Å². The number of carbonyl (C=O) groups excluding carboxylic acids is 1. The van der Waals surface area contributed by atoms with Crippen molar-refractivity contribution >= 4 is 11.6 Å². The molecular formula is C9H6FNO. The fourth-order valence-electron chi connectivity index (χ4n) is 1.28. The molecule has 0 saturated heterocycles. The van der Waals surface area contributed by atoms with Crippen molar-refractivity contribution in [2.24, 2.45) is 4.99 Å². The van der Waals surface area contributed by atoms with E-state index in [0.717, 1.165) is 5.56 Å². The van der Waals surface area contributed by atoms with E-state index >= 15 is 0 Å². The van der Waals surface area contributed by atoms with Gasteiger partial charge in [-0.1, -0.05) is 0 Å². The SMILES string of the molecule is CC1=NC(=O)c2cc(F)ccc21. The average Bonchev–Trinajstić information content (AvgIpc) is 2.28. The van der Waals surface area contributed by atoms with Crippen LogP contribution in [-0.2, 0) is 0 Å². The fourth-order valence-corrected chi connectivity index (χ4v) is 1.28. The minimum atomic E-state index is -0.396. The largest absolute Gasteiger partial charge is 0.278 e. The molecule has 60 valence electrons. The lowest BCUT2D eigenvalue weighted by Crippen LogP contribution is -1.94. The Morgan fingerprint density at radius 2 is 2.08 bits per heavy atom. The Bertz CT molecular complexity index is 396. The first-order chi connectivity index (χ1) is 5.68. The van der Waals surface area contributed by atoms with Crippen LogP contribution < -0.4 is 0 Å². The van der Waals surface area contributed by atoms with E-state index in [4.69, 9.17) is 0 Å². The van der Waals surface area contributed by atoms with E-state index in [1.54, 1.807) is 13.0 Å². The quantitative estimate of drug-likeness (QED) is 0.573. The van der Waals surface area contributed by atoms with Crippen molar-refractivity contribution in [1.29, 1.82) is 0 Å². The molecule has 0 radical (unpaired) electrons. The van der Waals surface area contributed by atoms with Crippen LogP contribution in [0.3, 0.4) is 0 Å². The summed E-state index contributed by atoms with van der Waals surface area (Å²) in [5.41, 5.74) is 1.77. The van der Waals surface area contributed by atoms with E-state index in [9.17, 15) is 9.18 Å². The number of carbonyl (C=O) groups is 1. The second-order valence-electron chi connectivity index (χ2n) is 2.69. The molecule has 1 amide bonds. The lowest BCUT2D eigenvalue weighted by molar-refractivity contribution is 0.101. The summed E-state index contributed by atoms with van der Waals surface area (Å²) in [5.74, 6) is -0.742. The van der Waals surface area contributed by atoms with Crippen LogP contribution in [0.25, 0.3) is 0 Å². The third-order valence-electron chi connectivity index (χ3n) is 1.87. The van der Waals surface area contributed by atoms with Gasteiger partial charge in [-0.25, -0.2) is 9.38 Å². The molecule has 0 unspecified atom stereocenters. The zero-order valence-corrected chi connectivity index (χ0v) is 6.47. The van der Waals surface area contributed by atoms with Gasteiger partial charge < -0.3 is 0 Å². The Hall–Kier alpha value is -1.51. The minimum absolute atomic E-state index is 0.345. The molecule has 1 aliphatic heterocycles. The number of rotatable bonds is 0. The Labute approximate surface area is 68.7 Å². The average molecular weight is 163 g/mol. The second-order valence-corrected chi connectivity index (χ2v) is 2.69. The van der Waals surface area contributed by atoms with E-state index in [-0.39, 0.29) is 5.91 Å². The molecule has 0 fully saturated rings. The molecule has 1 aromatic carbocycles. The first-order valence-corrected chi connectivity index (χ1v) is 3.58. The molecule has 1 aliphatic rings. The molecule has 0 bridgehead atoms. The molecule has 0 aliphatic carbocycles. The number of halogens is 1. The fraction of sp³-hybridized carbons (Fsp3) is 0.111. The maximum absolute atomic E-state index is 12.7. The first kappa shape index (κ1) is 7.16. The molecule has 0 saturated carbocycles. The summed E-state index contributed by atoms with van der Waals surface area (Å²) in [6, 6.07) is 4.13. The van der Waals surface area contributed by atoms with Crippen molar-refractivity contribution in [3.8, 4) is 0 Å². The van der Waals surface area contributed by atoms with Crippen LogP contribution in [0.15, 0.2) is 23.2 Å². The summed E-state index contributed by atoms with van der Waals surface area (Å²) in [6.07, 6.45) is 0. The van der Waals surface area contributed by atoms with Crippen molar-refractivity contribution < 1.29 is 9.18 Å². The summed E-state index contributed by atoms with van der Waals surface area (Å²) in [7, 11) is 0. The topological polar surface area (TPSA) is 29.4 Å². The zero-order valence-electron chi connectivity index (χ0n) is 6.47. The van der Waals surface area contributed by atoms with Crippen LogP contribution in [0.4, 0.5) is 4.39 Å². The van der Waals surface area contributed by atoms with Gasteiger partial charge in [0.2, 0.25) is 0 Å². The van der Waals surface area contributed by atoms with Gasteiger partial charge >= 0.3 is 0 Å². The Morgan fingerprint density at radius 3 is 2.83 bits per heavy atom. The number of nitrogens with zero attached hydrogens (tertiary/aromatic N) is 1. The number of benzene rings is 1. The molecule has 0 aromatic heterocycles. The third-order valence-corrected chi connectivity index (χ3v) is 1.87. The van der Waals surface area contributed by atoms with Crippen molar-refractivity contribution in [2.45, 2.75) is 6.92 Å². The molecule has 12 heavy (non-hydrogen) atoms. The standard InChI is InChI=1S/C9H6FNO/c1-5-7-3-2-6(10)4-8(7)9(12)11-5/h2-4H,1H3. The first-order valence-electron chi connectivity index (χ1n) is 3.58. The highest BCUT2D eigenvalue weighted by Crippen LogP contribution is 2.19. The van der Waals surface area contributed by atoms with Crippen molar-refractivity contribution in [2.75, 3.05) is 0 Å². The van der Waals surface area contributed by atoms with E-state index in [1.165, 1.54) is 12.1 Å². The predicted molar refractivity (Wildman–Crippen MR) is 42.9 cm³/mol. The van der Waals surface area contributed by atoms with Crippen molar-refractivity contribution in [3.05, 3.63) is 35.1 Å². The lowest BCUT2D eigenvalue weighted by atomic mass is 10.1. The minimum Gasteiger partial charge on any atom is -0.267 e. The van der Waals surface area contributed by atoms with Gasteiger partial charge in [0.25, 0.3) is 5.91 Å². The molecule has 0 N–H and O–H groups in total. The van der Waals surface area contributed by atoms with Gasteiger partial charge in [0.15, 0.2) is 0 Å². The summed E-state index contributed by atoms with van der Waals surface area (Å²) in [4.78, 5) is 14.8. The van der Waals surface area contributed by atoms with Crippen LogP contribution in [0.2, 0.25) is 0 Å². The lowest BCUT2D eigenvalue weighted by Gasteiger charge is -1.95. The van der Waals surface area contributed by atoms with Gasteiger partial charge in [-0.05, 0) is 25.1 Å². The molecule has 3 heteroatoms. The molecule has 0 atom stereocenters. The van der Waals surface area contributed by atoms with Gasteiger partial charge in [-0.15, -0.1) is 0 Å². The van der Waals surface area contributed by atoms with Gasteiger partial charge in [0, 0.05) is 11.3 Å². The number of amides is 1. The summed E-state index contributed by atoms with van der Waals surface area (Å²) in [5, 5.41) is 0. The zero-order chi connectivity index (χ0) is 8.72. The van der Waals surface area contributed by atoms with Gasteiger partial charge in [0.1, 0.15) is 5.82 Å². The molecule has 2 rings (SSSR count). The van der Waals surface area contributed by atoms with Crippen molar-refractivity contribution in [1.82, 2.24) is 0 Å². The summed E-state index contributed by atoms with van der Waals surface area (Å²) < 4.78 is 12.7. The molecule has 2 nitrogen and oxygen atoms in total. The molecular weight excluding hydrogens is 157 g/mol. The van der Waals surface area contributed by atoms with Crippen LogP contribution >= 0.6 is 0 Å². The molecule has 1 aromatic rings. The maximum Gasteiger partial charge on any atom is 0.278 e. The Morgan fingerprint density at radius 1 is 1.33 bits per heavy atom. The predicted octanol–water partition coefficient (Wildman–Crippen LogP) is 1.79. The highest BCUT2D eigenvalue weighted by atomic mass is 19.1. The highest BCUT2D eigenvalue weighted by molar-refractivity contribution is 6.20. The van der Waals surface area contributed by atoms with Crippen LogP contribution in [0, 0.1) is 5.82 Å². The number of aliphatic imine (C=N–C) groups is 1. The monoisotopic (exact) mass is 163 g/mol. The van der Waals surface area contributed by atoms with E-state index < -0.39 is 5.82 Å². The Kier molecular flexibility index (Phi) is 1.33. The normalized spacial score (nSPS) is 14.5.